The SMILES string of the molecule is Cc1cc(C)cc(-n2nc(C(C)(C)C)c(I)c2N)c1. The van der Waals surface area contributed by atoms with Crippen molar-refractivity contribution < 1.29 is 0 Å². The molecule has 0 amide bonds. The van der Waals surface area contributed by atoms with E-state index in [9.17, 15) is 0 Å². The molecule has 4 heteroatoms. The summed E-state index contributed by atoms with van der Waals surface area (Å²) in [6.07, 6.45) is 0. The first-order valence-corrected chi connectivity index (χ1v) is 7.41. The lowest BCUT2D eigenvalue weighted by Crippen LogP contribution is -2.14. The zero-order valence-electron chi connectivity index (χ0n) is 12.1. The average Bonchev–Trinajstić information content (AvgIpc) is 2.54. The molecule has 1 aromatic carbocycles. The van der Waals surface area contributed by atoms with Gasteiger partial charge in [-0.2, -0.15) is 5.10 Å². The van der Waals surface area contributed by atoms with Crippen molar-refractivity contribution in [3.05, 3.63) is 38.6 Å². The van der Waals surface area contributed by atoms with Gasteiger partial charge in [0.25, 0.3) is 0 Å². The van der Waals surface area contributed by atoms with Crippen LogP contribution in [0.3, 0.4) is 0 Å². The molecule has 0 atom stereocenters. The quantitative estimate of drug-likeness (QED) is 0.773. The molecule has 0 unspecified atom stereocenters. The summed E-state index contributed by atoms with van der Waals surface area (Å²) in [5.74, 6) is 0.718. The number of rotatable bonds is 1. The van der Waals surface area contributed by atoms with Gasteiger partial charge in [-0.3, -0.25) is 0 Å². The number of hydrogen-bond donors (Lipinski definition) is 1. The Labute approximate surface area is 128 Å². The molecular formula is C15H20IN3. The van der Waals surface area contributed by atoms with Crippen LogP contribution in [0, 0.1) is 17.4 Å². The van der Waals surface area contributed by atoms with Crippen molar-refractivity contribution in [3.8, 4) is 5.69 Å². The minimum Gasteiger partial charge on any atom is -0.383 e. The largest absolute Gasteiger partial charge is 0.383 e. The van der Waals surface area contributed by atoms with E-state index in [2.05, 4.69) is 75.4 Å². The first kappa shape index (κ1) is 14.4. The maximum atomic E-state index is 6.23. The summed E-state index contributed by atoms with van der Waals surface area (Å²) < 4.78 is 2.90. The van der Waals surface area contributed by atoms with Crippen LogP contribution in [0.25, 0.3) is 5.69 Å². The number of benzene rings is 1. The van der Waals surface area contributed by atoms with E-state index in [1.807, 2.05) is 4.68 Å². The molecule has 3 nitrogen and oxygen atoms in total. The van der Waals surface area contributed by atoms with Crippen molar-refractivity contribution in [2.75, 3.05) is 5.73 Å². The Morgan fingerprint density at radius 1 is 1.11 bits per heavy atom. The van der Waals surface area contributed by atoms with E-state index in [0.29, 0.717) is 0 Å². The van der Waals surface area contributed by atoms with Crippen LogP contribution in [-0.4, -0.2) is 9.78 Å². The number of nitrogens with two attached hydrogens (primary N) is 1. The Balaban J connectivity index is 2.64. The molecule has 2 aromatic rings. The van der Waals surface area contributed by atoms with Crippen LogP contribution in [0.2, 0.25) is 0 Å². The Morgan fingerprint density at radius 3 is 2.05 bits per heavy atom. The van der Waals surface area contributed by atoms with E-state index in [-0.39, 0.29) is 5.41 Å². The minimum absolute atomic E-state index is 0.00520. The molecule has 0 fully saturated rings. The molecule has 19 heavy (non-hydrogen) atoms. The van der Waals surface area contributed by atoms with E-state index in [1.54, 1.807) is 0 Å². The maximum absolute atomic E-state index is 6.23. The molecule has 2 rings (SSSR count). The molecule has 102 valence electrons. The van der Waals surface area contributed by atoms with Crippen molar-refractivity contribution in [2.24, 2.45) is 0 Å². The topological polar surface area (TPSA) is 43.8 Å². The number of anilines is 1. The average molecular weight is 369 g/mol. The summed E-state index contributed by atoms with van der Waals surface area (Å²) in [5, 5.41) is 4.72. The molecular weight excluding hydrogens is 349 g/mol. The Hall–Kier alpha value is -1.04. The van der Waals surface area contributed by atoms with Crippen molar-refractivity contribution >= 4 is 28.4 Å². The van der Waals surface area contributed by atoms with E-state index >= 15 is 0 Å². The highest BCUT2D eigenvalue weighted by atomic mass is 127. The number of aromatic nitrogens is 2. The number of nitrogens with zero attached hydrogens (tertiary/aromatic N) is 2. The third-order valence-corrected chi connectivity index (χ3v) is 4.09. The second-order valence-electron chi connectivity index (χ2n) is 6.06. The number of nitrogen functional groups attached to an aromatic ring is 1. The lowest BCUT2D eigenvalue weighted by atomic mass is 9.92. The monoisotopic (exact) mass is 369 g/mol. The number of hydrogen-bond acceptors (Lipinski definition) is 2. The van der Waals surface area contributed by atoms with Crippen LogP contribution in [0.5, 0.6) is 0 Å². The summed E-state index contributed by atoms with van der Waals surface area (Å²) in [6, 6.07) is 6.37. The highest BCUT2D eigenvalue weighted by molar-refractivity contribution is 14.1. The van der Waals surface area contributed by atoms with Crippen molar-refractivity contribution in [3.63, 3.8) is 0 Å². The third-order valence-electron chi connectivity index (χ3n) is 3.02. The molecule has 0 radical (unpaired) electrons. The minimum atomic E-state index is -0.00520. The zero-order chi connectivity index (χ0) is 14.4. The van der Waals surface area contributed by atoms with E-state index < -0.39 is 0 Å². The second kappa shape index (κ2) is 4.81. The predicted molar refractivity (Wildman–Crippen MR) is 88.9 cm³/mol. The van der Waals surface area contributed by atoms with Gasteiger partial charge in [0.2, 0.25) is 0 Å². The molecule has 0 bridgehead atoms. The van der Waals surface area contributed by atoms with Crippen LogP contribution >= 0.6 is 22.6 Å². The van der Waals surface area contributed by atoms with Crippen LogP contribution in [0.4, 0.5) is 5.82 Å². The standard InChI is InChI=1S/C15H20IN3/c1-9-6-10(2)8-11(7-9)19-14(17)12(16)13(18-19)15(3,4)5/h6-8H,17H2,1-5H3. The van der Waals surface area contributed by atoms with Crippen molar-refractivity contribution in [2.45, 2.75) is 40.0 Å². The van der Waals surface area contributed by atoms with Crippen LogP contribution in [0.1, 0.15) is 37.6 Å². The summed E-state index contributed by atoms with van der Waals surface area (Å²) in [6.45, 7) is 10.6. The fraction of sp³-hybridized carbons (Fsp3) is 0.400. The van der Waals surface area contributed by atoms with Gasteiger partial charge in [0.05, 0.1) is 15.0 Å². The fourth-order valence-corrected chi connectivity index (χ4v) is 3.31. The molecule has 1 aromatic heterocycles. The smallest absolute Gasteiger partial charge is 0.141 e. The fourth-order valence-electron chi connectivity index (χ4n) is 2.16. The second-order valence-corrected chi connectivity index (χ2v) is 7.13. The van der Waals surface area contributed by atoms with Crippen molar-refractivity contribution in [1.82, 2.24) is 9.78 Å². The van der Waals surface area contributed by atoms with Crippen molar-refractivity contribution in [1.29, 1.82) is 0 Å². The van der Waals surface area contributed by atoms with Gasteiger partial charge in [-0.1, -0.05) is 26.8 Å². The van der Waals surface area contributed by atoms with Crippen LogP contribution in [-0.2, 0) is 5.41 Å². The first-order valence-electron chi connectivity index (χ1n) is 6.33. The number of halogens is 1. The summed E-state index contributed by atoms with van der Waals surface area (Å²) in [5.41, 5.74) is 10.7. The Morgan fingerprint density at radius 2 is 1.63 bits per heavy atom. The third kappa shape index (κ3) is 2.78. The Kier molecular flexibility index (Phi) is 3.64. The maximum Gasteiger partial charge on any atom is 0.141 e. The molecule has 0 aliphatic rings. The molecule has 2 N–H and O–H groups in total. The Bertz CT molecular complexity index is 601. The number of aryl methyl sites for hydroxylation is 2. The highest BCUT2D eigenvalue weighted by Crippen LogP contribution is 2.31. The normalized spacial score (nSPS) is 11.9. The van der Waals surface area contributed by atoms with Gasteiger partial charge in [-0.25, -0.2) is 4.68 Å². The summed E-state index contributed by atoms with van der Waals surface area (Å²) in [7, 11) is 0. The molecule has 0 spiro atoms. The molecule has 0 aliphatic heterocycles. The van der Waals surface area contributed by atoms with Gasteiger partial charge in [0.15, 0.2) is 0 Å². The van der Waals surface area contributed by atoms with Gasteiger partial charge in [0, 0.05) is 5.41 Å². The zero-order valence-corrected chi connectivity index (χ0v) is 14.2. The van der Waals surface area contributed by atoms with Gasteiger partial charge in [-0.05, 0) is 59.7 Å². The molecule has 0 aliphatic carbocycles. The highest BCUT2D eigenvalue weighted by Gasteiger charge is 2.24. The first-order chi connectivity index (χ1) is 8.70. The molecule has 1 heterocycles. The van der Waals surface area contributed by atoms with Gasteiger partial charge in [0.1, 0.15) is 5.82 Å². The van der Waals surface area contributed by atoms with Gasteiger partial charge >= 0.3 is 0 Å². The predicted octanol–water partition coefficient (Wildman–Crippen LogP) is 3.97. The lowest BCUT2D eigenvalue weighted by Gasteiger charge is -2.15. The lowest BCUT2D eigenvalue weighted by molar-refractivity contribution is 0.557. The van der Waals surface area contributed by atoms with Gasteiger partial charge < -0.3 is 5.73 Å². The van der Waals surface area contributed by atoms with Crippen LogP contribution < -0.4 is 5.73 Å². The molecule has 0 saturated heterocycles. The molecule has 0 saturated carbocycles. The van der Waals surface area contributed by atoms with Crippen LogP contribution in [0.15, 0.2) is 18.2 Å². The van der Waals surface area contributed by atoms with E-state index in [1.165, 1.54) is 11.1 Å². The van der Waals surface area contributed by atoms with Gasteiger partial charge in [-0.15, -0.1) is 0 Å². The summed E-state index contributed by atoms with van der Waals surface area (Å²) >= 11 is 2.29. The van der Waals surface area contributed by atoms with E-state index in [0.717, 1.165) is 20.8 Å². The summed E-state index contributed by atoms with van der Waals surface area (Å²) in [4.78, 5) is 0. The van der Waals surface area contributed by atoms with E-state index in [4.69, 9.17) is 10.8 Å².